The molecule has 1 unspecified atom stereocenters. The standard InChI is InChI=1S/C8H9ClN2O3S2/c1-15-8(9)11-6-3-2-5(16(10,12)13)4-7(6)14-8/h2-4,11H,1H3,(H2,10,12,13). The zero-order chi connectivity index (χ0) is 12.0. The molecule has 1 aromatic carbocycles. The molecule has 0 saturated heterocycles. The van der Waals surface area contributed by atoms with E-state index in [1.807, 2.05) is 0 Å². The summed E-state index contributed by atoms with van der Waals surface area (Å²) < 4.78 is 26.5. The highest BCUT2D eigenvalue weighted by atomic mass is 35.5. The summed E-state index contributed by atoms with van der Waals surface area (Å²) in [6, 6.07) is 4.31. The lowest BCUT2D eigenvalue weighted by Crippen LogP contribution is -2.28. The normalized spacial score (nSPS) is 23.4. The maximum atomic E-state index is 11.1. The summed E-state index contributed by atoms with van der Waals surface area (Å²) in [5.74, 6) is 0.371. The predicted octanol–water partition coefficient (Wildman–Crippen LogP) is 1.35. The summed E-state index contributed by atoms with van der Waals surface area (Å²) in [7, 11) is -3.73. The molecule has 5 nitrogen and oxygen atoms in total. The van der Waals surface area contributed by atoms with Gasteiger partial charge < -0.3 is 10.1 Å². The van der Waals surface area contributed by atoms with E-state index >= 15 is 0 Å². The third kappa shape index (κ3) is 2.08. The average Bonchev–Trinajstić information content (AvgIpc) is 2.52. The molecule has 1 atom stereocenters. The van der Waals surface area contributed by atoms with E-state index in [2.05, 4.69) is 5.32 Å². The summed E-state index contributed by atoms with van der Waals surface area (Å²) in [5, 5.41) is 7.92. The third-order valence-electron chi connectivity index (χ3n) is 2.07. The number of primary sulfonamides is 1. The number of anilines is 1. The fourth-order valence-corrected chi connectivity index (χ4v) is 2.39. The molecule has 88 valence electrons. The van der Waals surface area contributed by atoms with Crippen molar-refractivity contribution in [3.8, 4) is 5.75 Å². The van der Waals surface area contributed by atoms with Crippen molar-refractivity contribution >= 4 is 39.1 Å². The second-order valence-electron chi connectivity index (χ2n) is 3.17. The first-order valence-electron chi connectivity index (χ1n) is 4.22. The number of rotatable bonds is 2. The van der Waals surface area contributed by atoms with Gasteiger partial charge in [0.2, 0.25) is 10.0 Å². The van der Waals surface area contributed by atoms with Crippen LogP contribution in [0.4, 0.5) is 5.69 Å². The molecular weight excluding hydrogens is 272 g/mol. The lowest BCUT2D eigenvalue weighted by Gasteiger charge is -2.17. The first-order chi connectivity index (χ1) is 7.34. The van der Waals surface area contributed by atoms with Gasteiger partial charge in [-0.05, 0) is 30.0 Å². The van der Waals surface area contributed by atoms with Gasteiger partial charge in [-0.3, -0.25) is 0 Å². The first kappa shape index (κ1) is 11.8. The van der Waals surface area contributed by atoms with Crippen LogP contribution in [-0.4, -0.2) is 19.2 Å². The van der Waals surface area contributed by atoms with Crippen molar-refractivity contribution in [1.82, 2.24) is 0 Å². The third-order valence-corrected chi connectivity index (χ3v) is 4.33. The largest absolute Gasteiger partial charge is 0.443 e. The van der Waals surface area contributed by atoms with Crippen LogP contribution < -0.4 is 15.2 Å². The Balaban J connectivity index is 2.43. The SMILES string of the molecule is CSC1(Cl)Nc2ccc(S(N)(=O)=O)cc2O1. The molecule has 2 rings (SSSR count). The summed E-state index contributed by atoms with van der Waals surface area (Å²) in [4.78, 5) is -0.00457. The number of sulfonamides is 1. The highest BCUT2D eigenvalue weighted by Crippen LogP contribution is 2.44. The van der Waals surface area contributed by atoms with Crippen molar-refractivity contribution in [2.75, 3.05) is 11.6 Å². The van der Waals surface area contributed by atoms with Crippen LogP contribution in [0.1, 0.15) is 0 Å². The number of halogens is 1. The van der Waals surface area contributed by atoms with E-state index < -0.39 is 14.5 Å². The number of hydrogen-bond acceptors (Lipinski definition) is 5. The van der Waals surface area contributed by atoms with E-state index in [0.29, 0.717) is 11.4 Å². The highest BCUT2D eigenvalue weighted by molar-refractivity contribution is 8.01. The van der Waals surface area contributed by atoms with Crippen molar-refractivity contribution < 1.29 is 13.2 Å². The van der Waals surface area contributed by atoms with E-state index in [1.54, 1.807) is 12.3 Å². The second kappa shape index (κ2) is 3.69. The topological polar surface area (TPSA) is 81.4 Å². The van der Waals surface area contributed by atoms with Gasteiger partial charge in [-0.2, -0.15) is 0 Å². The van der Waals surface area contributed by atoms with Gasteiger partial charge in [0.1, 0.15) is 5.75 Å². The van der Waals surface area contributed by atoms with Crippen molar-refractivity contribution in [2.45, 2.75) is 9.41 Å². The second-order valence-corrected chi connectivity index (χ2v) is 6.47. The molecule has 0 aromatic heterocycles. The number of nitrogens with one attached hydrogen (secondary N) is 1. The number of fused-ring (bicyclic) bond motifs is 1. The first-order valence-corrected chi connectivity index (χ1v) is 7.37. The zero-order valence-corrected chi connectivity index (χ0v) is 10.6. The molecule has 0 radical (unpaired) electrons. The number of nitrogens with two attached hydrogens (primary N) is 1. The molecule has 1 aliphatic rings. The number of hydrogen-bond donors (Lipinski definition) is 2. The Morgan fingerprint density at radius 1 is 1.56 bits per heavy atom. The van der Waals surface area contributed by atoms with E-state index in [1.165, 1.54) is 23.9 Å². The molecule has 0 aliphatic carbocycles. The monoisotopic (exact) mass is 280 g/mol. The van der Waals surface area contributed by atoms with Gasteiger partial charge in [0.15, 0.2) is 0 Å². The average molecular weight is 281 g/mol. The number of ether oxygens (including phenoxy) is 1. The molecule has 0 spiro atoms. The molecule has 0 saturated carbocycles. The maximum absolute atomic E-state index is 11.1. The van der Waals surface area contributed by atoms with Crippen LogP contribution in [0.25, 0.3) is 0 Å². The van der Waals surface area contributed by atoms with Crippen molar-refractivity contribution in [3.63, 3.8) is 0 Å². The molecule has 1 heterocycles. The van der Waals surface area contributed by atoms with Crippen molar-refractivity contribution in [2.24, 2.45) is 5.14 Å². The van der Waals surface area contributed by atoms with Gasteiger partial charge >= 0.3 is 4.52 Å². The van der Waals surface area contributed by atoms with Gasteiger partial charge in [0.25, 0.3) is 0 Å². The molecule has 0 bridgehead atoms. The van der Waals surface area contributed by atoms with Gasteiger partial charge in [0.05, 0.1) is 10.6 Å². The maximum Gasteiger partial charge on any atom is 0.309 e. The summed E-state index contributed by atoms with van der Waals surface area (Å²) in [6.45, 7) is 0. The van der Waals surface area contributed by atoms with Crippen LogP contribution in [0.3, 0.4) is 0 Å². The van der Waals surface area contributed by atoms with Crippen molar-refractivity contribution in [1.29, 1.82) is 0 Å². The Bertz CT molecular complexity index is 534. The quantitative estimate of drug-likeness (QED) is 0.631. The van der Waals surface area contributed by atoms with E-state index in [0.717, 1.165) is 0 Å². The minimum atomic E-state index is -3.73. The summed E-state index contributed by atoms with van der Waals surface area (Å²) >= 11 is 7.29. The fourth-order valence-electron chi connectivity index (χ4n) is 1.29. The van der Waals surface area contributed by atoms with E-state index in [4.69, 9.17) is 21.5 Å². The van der Waals surface area contributed by atoms with E-state index in [-0.39, 0.29) is 4.90 Å². The van der Waals surface area contributed by atoms with Crippen LogP contribution in [0.15, 0.2) is 23.1 Å². The van der Waals surface area contributed by atoms with Gasteiger partial charge in [0, 0.05) is 6.07 Å². The summed E-state index contributed by atoms with van der Waals surface area (Å²) in [5.41, 5.74) is 0.636. The van der Waals surface area contributed by atoms with Crippen molar-refractivity contribution in [3.05, 3.63) is 18.2 Å². The van der Waals surface area contributed by atoms with Gasteiger partial charge in [-0.25, -0.2) is 13.6 Å². The predicted molar refractivity (Wildman–Crippen MR) is 64.2 cm³/mol. The highest BCUT2D eigenvalue weighted by Gasteiger charge is 2.36. The molecule has 1 aromatic rings. The van der Waals surface area contributed by atoms with Gasteiger partial charge in [-0.15, -0.1) is 0 Å². The molecule has 0 amide bonds. The Kier molecular flexibility index (Phi) is 2.73. The van der Waals surface area contributed by atoms with Crippen LogP contribution in [0.5, 0.6) is 5.75 Å². The molecule has 1 aliphatic heterocycles. The van der Waals surface area contributed by atoms with E-state index in [9.17, 15) is 8.42 Å². The Morgan fingerprint density at radius 3 is 2.81 bits per heavy atom. The summed E-state index contributed by atoms with van der Waals surface area (Å²) in [6.07, 6.45) is 1.77. The lowest BCUT2D eigenvalue weighted by molar-refractivity contribution is 0.303. The molecule has 0 fully saturated rings. The van der Waals surface area contributed by atoms with Crippen LogP contribution in [-0.2, 0) is 10.0 Å². The van der Waals surface area contributed by atoms with Gasteiger partial charge in [-0.1, -0.05) is 11.8 Å². The minimum Gasteiger partial charge on any atom is -0.443 e. The lowest BCUT2D eigenvalue weighted by atomic mass is 10.3. The van der Waals surface area contributed by atoms with Crippen LogP contribution in [0.2, 0.25) is 0 Å². The van der Waals surface area contributed by atoms with Crippen LogP contribution in [0, 0.1) is 0 Å². The fraction of sp³-hybridized carbons (Fsp3) is 0.250. The number of alkyl halides is 1. The Hall–Kier alpha value is -0.630. The smallest absolute Gasteiger partial charge is 0.309 e. The zero-order valence-electron chi connectivity index (χ0n) is 8.23. The number of benzene rings is 1. The Morgan fingerprint density at radius 2 is 2.25 bits per heavy atom. The molecular formula is C8H9ClN2O3S2. The molecule has 8 heteroatoms. The Labute approximate surface area is 102 Å². The molecule has 16 heavy (non-hydrogen) atoms. The van der Waals surface area contributed by atoms with Crippen LogP contribution >= 0.6 is 23.4 Å². The molecule has 3 N–H and O–H groups in total. The minimum absolute atomic E-state index is 0.00457. The number of thioether (sulfide) groups is 1.